The molecular weight excluding hydrogens is 408 g/mol. The van der Waals surface area contributed by atoms with Crippen LogP contribution in [-0.2, 0) is 0 Å². The Morgan fingerprint density at radius 1 is 1.00 bits per heavy atom. The van der Waals surface area contributed by atoms with Gasteiger partial charge in [-0.1, -0.05) is 12.1 Å². The fourth-order valence-electron chi connectivity index (χ4n) is 3.04. The summed E-state index contributed by atoms with van der Waals surface area (Å²) in [4.78, 5) is 8.97. The average Bonchev–Trinajstić information content (AvgIpc) is 3.25. The maximum absolute atomic E-state index is 9.16. The second-order valence-electron chi connectivity index (χ2n) is 6.74. The summed E-state index contributed by atoms with van der Waals surface area (Å²) in [6.07, 6.45) is 1.62. The summed E-state index contributed by atoms with van der Waals surface area (Å²) in [5.41, 5.74) is 7.31. The third-order valence-electron chi connectivity index (χ3n) is 4.48. The van der Waals surface area contributed by atoms with Gasteiger partial charge in [-0.25, -0.2) is 10.4 Å². The van der Waals surface area contributed by atoms with Crippen molar-refractivity contribution in [2.24, 2.45) is 5.10 Å². The summed E-state index contributed by atoms with van der Waals surface area (Å²) in [5, 5.41) is 24.2. The molecular formula is C23H16N6OS. The molecule has 0 fully saturated rings. The van der Waals surface area contributed by atoms with E-state index in [2.05, 4.69) is 32.6 Å². The van der Waals surface area contributed by atoms with Crippen LogP contribution in [0.2, 0.25) is 0 Å². The number of hydrogen-bond donors (Lipinski definition) is 1. The topological polar surface area (TPSA) is 107 Å². The van der Waals surface area contributed by atoms with Crippen LogP contribution in [0.3, 0.4) is 0 Å². The van der Waals surface area contributed by atoms with E-state index < -0.39 is 0 Å². The van der Waals surface area contributed by atoms with Crippen molar-refractivity contribution in [3.8, 4) is 23.8 Å². The number of ether oxygens (including phenoxy) is 1. The first-order valence-electron chi connectivity index (χ1n) is 9.31. The number of nitriles is 2. The predicted octanol–water partition coefficient (Wildman–Crippen LogP) is 5.29. The van der Waals surface area contributed by atoms with E-state index in [1.807, 2.05) is 25.3 Å². The van der Waals surface area contributed by atoms with Gasteiger partial charge in [0.25, 0.3) is 0 Å². The Hall–Kier alpha value is -4.27. The lowest BCUT2D eigenvalue weighted by atomic mass is 10.1. The molecule has 0 radical (unpaired) electrons. The Morgan fingerprint density at radius 2 is 1.71 bits per heavy atom. The van der Waals surface area contributed by atoms with Gasteiger partial charge >= 0.3 is 0 Å². The number of nitrogens with zero attached hydrogens (tertiary/aromatic N) is 5. The molecule has 8 heteroatoms. The van der Waals surface area contributed by atoms with Crippen LogP contribution in [0, 0.1) is 36.5 Å². The molecule has 1 N–H and O–H groups in total. The number of aromatic nitrogens is 2. The second kappa shape index (κ2) is 8.62. The summed E-state index contributed by atoms with van der Waals surface area (Å²) in [7, 11) is 0. The lowest BCUT2D eigenvalue weighted by Crippen LogP contribution is -2.00. The highest BCUT2D eigenvalue weighted by molar-refractivity contribution is 7.17. The van der Waals surface area contributed by atoms with Crippen LogP contribution >= 0.6 is 11.3 Å². The zero-order valence-electron chi connectivity index (χ0n) is 16.7. The predicted molar refractivity (Wildman–Crippen MR) is 120 cm³/mol. The number of hydrogen-bond acceptors (Lipinski definition) is 8. The van der Waals surface area contributed by atoms with Gasteiger partial charge in [-0.2, -0.15) is 20.6 Å². The van der Waals surface area contributed by atoms with Crippen LogP contribution in [0.4, 0.5) is 5.95 Å². The quantitative estimate of drug-likeness (QED) is 0.344. The molecule has 0 bridgehead atoms. The zero-order chi connectivity index (χ0) is 21.8. The van der Waals surface area contributed by atoms with Gasteiger partial charge in [-0.3, -0.25) is 0 Å². The number of hydrazone groups is 1. The smallest absolute Gasteiger partial charge is 0.247 e. The highest BCUT2D eigenvalue weighted by atomic mass is 32.1. The molecule has 0 aliphatic heterocycles. The van der Waals surface area contributed by atoms with Gasteiger partial charge in [0.05, 0.1) is 35.0 Å². The number of thiophene rings is 1. The van der Waals surface area contributed by atoms with Crippen LogP contribution in [0.15, 0.2) is 52.9 Å². The van der Waals surface area contributed by atoms with Crippen molar-refractivity contribution < 1.29 is 4.74 Å². The van der Waals surface area contributed by atoms with Crippen LogP contribution in [0.1, 0.15) is 27.8 Å². The molecule has 2 aromatic carbocycles. The van der Waals surface area contributed by atoms with Crippen molar-refractivity contribution in [1.82, 2.24) is 9.97 Å². The van der Waals surface area contributed by atoms with Gasteiger partial charge in [0.1, 0.15) is 10.4 Å². The molecule has 0 spiro atoms. The van der Waals surface area contributed by atoms with Crippen LogP contribution in [0.5, 0.6) is 11.6 Å². The van der Waals surface area contributed by atoms with Crippen molar-refractivity contribution in [3.05, 3.63) is 75.7 Å². The van der Waals surface area contributed by atoms with E-state index in [9.17, 15) is 0 Å². The van der Waals surface area contributed by atoms with Crippen molar-refractivity contribution in [2.45, 2.75) is 13.8 Å². The first-order chi connectivity index (χ1) is 15.1. The molecule has 0 saturated carbocycles. The number of anilines is 1. The molecule has 0 aliphatic rings. The summed E-state index contributed by atoms with van der Waals surface area (Å²) in [6, 6.07) is 16.8. The van der Waals surface area contributed by atoms with Crippen molar-refractivity contribution in [1.29, 1.82) is 10.5 Å². The molecule has 2 heterocycles. The molecule has 31 heavy (non-hydrogen) atoms. The molecule has 0 unspecified atom stereocenters. The normalized spacial score (nSPS) is 10.7. The fraction of sp³-hybridized carbons (Fsp3) is 0.0870. The first-order valence-corrected chi connectivity index (χ1v) is 10.2. The monoisotopic (exact) mass is 424 g/mol. The van der Waals surface area contributed by atoms with Crippen molar-refractivity contribution in [2.75, 3.05) is 5.43 Å². The minimum Gasteiger partial charge on any atom is -0.437 e. The third-order valence-corrected chi connectivity index (χ3v) is 5.37. The van der Waals surface area contributed by atoms with E-state index in [4.69, 9.17) is 15.3 Å². The Morgan fingerprint density at radius 3 is 2.39 bits per heavy atom. The maximum atomic E-state index is 9.16. The molecule has 4 rings (SSSR count). The van der Waals surface area contributed by atoms with E-state index in [0.717, 1.165) is 26.9 Å². The summed E-state index contributed by atoms with van der Waals surface area (Å²) in [5.74, 6) is 1.39. The average molecular weight is 424 g/mol. The van der Waals surface area contributed by atoms with Gasteiger partial charge in [0.2, 0.25) is 11.8 Å². The SMILES string of the molecule is Cc1cc(C#N)cc(C)c1Oc1nc(N/N=C/c2ccc(C#N)cc2)nc2ccsc12. The number of benzene rings is 2. The standard InChI is InChI=1S/C23H16N6OS/c1-14-9-18(12-25)10-15(2)20(14)30-22-21-19(7-8-31-21)27-23(28-22)29-26-13-17-5-3-16(11-24)4-6-17/h3-10,13H,1-2H3,(H,27,28,29)/b26-13+. The van der Waals surface area contributed by atoms with Crippen molar-refractivity contribution in [3.63, 3.8) is 0 Å². The Balaban J connectivity index is 1.62. The van der Waals surface area contributed by atoms with Gasteiger partial charge in [0, 0.05) is 0 Å². The Bertz CT molecular complexity index is 1350. The van der Waals surface area contributed by atoms with Crippen molar-refractivity contribution >= 4 is 33.7 Å². The fourth-order valence-corrected chi connectivity index (χ4v) is 3.79. The Kier molecular flexibility index (Phi) is 5.57. The van der Waals surface area contributed by atoms with E-state index in [0.29, 0.717) is 28.7 Å². The molecule has 150 valence electrons. The molecule has 4 aromatic rings. The number of fused-ring (bicyclic) bond motifs is 1. The molecule has 0 aliphatic carbocycles. The van der Waals surface area contributed by atoms with E-state index >= 15 is 0 Å². The molecule has 0 amide bonds. The zero-order valence-corrected chi connectivity index (χ0v) is 17.6. The molecule has 7 nitrogen and oxygen atoms in total. The lowest BCUT2D eigenvalue weighted by molar-refractivity contribution is 0.462. The summed E-state index contributed by atoms with van der Waals surface area (Å²) >= 11 is 1.49. The molecule has 0 atom stereocenters. The maximum Gasteiger partial charge on any atom is 0.247 e. The van der Waals surface area contributed by atoms with Gasteiger partial charge in [0.15, 0.2) is 0 Å². The number of nitrogens with one attached hydrogen (secondary N) is 1. The number of aryl methyl sites for hydroxylation is 2. The highest BCUT2D eigenvalue weighted by Crippen LogP contribution is 2.35. The summed E-state index contributed by atoms with van der Waals surface area (Å²) < 4.78 is 6.99. The van der Waals surface area contributed by atoms with Gasteiger partial charge in [-0.05, 0) is 66.2 Å². The minimum atomic E-state index is 0.301. The lowest BCUT2D eigenvalue weighted by Gasteiger charge is -2.12. The number of rotatable bonds is 5. The Labute approximate surface area is 182 Å². The van der Waals surface area contributed by atoms with Gasteiger partial charge in [-0.15, -0.1) is 11.3 Å². The van der Waals surface area contributed by atoms with Crippen LogP contribution in [-0.4, -0.2) is 16.2 Å². The van der Waals surface area contributed by atoms with Crippen LogP contribution < -0.4 is 10.2 Å². The largest absolute Gasteiger partial charge is 0.437 e. The minimum absolute atomic E-state index is 0.301. The highest BCUT2D eigenvalue weighted by Gasteiger charge is 2.14. The molecule has 0 saturated heterocycles. The first kappa shape index (κ1) is 20.0. The third kappa shape index (κ3) is 4.35. The van der Waals surface area contributed by atoms with E-state index in [1.54, 1.807) is 42.6 Å². The van der Waals surface area contributed by atoms with E-state index in [1.165, 1.54) is 11.3 Å². The van der Waals surface area contributed by atoms with Gasteiger partial charge < -0.3 is 4.74 Å². The molecule has 2 aromatic heterocycles. The summed E-state index contributed by atoms with van der Waals surface area (Å²) in [6.45, 7) is 3.80. The second-order valence-corrected chi connectivity index (χ2v) is 7.66. The van der Waals surface area contributed by atoms with Crippen LogP contribution in [0.25, 0.3) is 10.2 Å². The van der Waals surface area contributed by atoms with E-state index in [-0.39, 0.29) is 0 Å².